The number of rotatable bonds is 10. The molecule has 2 atom stereocenters. The fourth-order valence-electron chi connectivity index (χ4n) is 4.78. The summed E-state index contributed by atoms with van der Waals surface area (Å²) in [5.74, 6) is -0.325. The van der Waals surface area contributed by atoms with E-state index in [4.69, 9.17) is 9.47 Å². The summed E-state index contributed by atoms with van der Waals surface area (Å²) in [5.41, 5.74) is -0.199. The summed E-state index contributed by atoms with van der Waals surface area (Å²) in [6.45, 7) is 8.86. The van der Waals surface area contributed by atoms with Gasteiger partial charge in [-0.1, -0.05) is 44.2 Å². The van der Waals surface area contributed by atoms with E-state index in [1.54, 1.807) is 4.90 Å². The van der Waals surface area contributed by atoms with Crippen molar-refractivity contribution in [3.63, 3.8) is 0 Å². The van der Waals surface area contributed by atoms with Crippen molar-refractivity contribution in [3.05, 3.63) is 35.9 Å². The maximum Gasteiger partial charge on any atom is 0.408 e. The summed E-state index contributed by atoms with van der Waals surface area (Å²) < 4.78 is 10.9. The monoisotopic (exact) mass is 527 g/mol. The summed E-state index contributed by atoms with van der Waals surface area (Å²) in [4.78, 5) is 42.6. The molecule has 0 bridgehead atoms. The number of likely N-dealkylation sites (tertiary alicyclic amines) is 1. The molecule has 208 valence electrons. The van der Waals surface area contributed by atoms with Crippen LogP contribution in [0.1, 0.15) is 51.5 Å². The van der Waals surface area contributed by atoms with E-state index < -0.39 is 23.6 Å². The smallest absolute Gasteiger partial charge is 0.408 e. The molecule has 10 nitrogen and oxygen atoms in total. The van der Waals surface area contributed by atoms with E-state index in [0.29, 0.717) is 65.0 Å². The van der Waals surface area contributed by atoms with Crippen molar-refractivity contribution in [2.75, 3.05) is 45.9 Å². The van der Waals surface area contributed by atoms with Gasteiger partial charge in [0.05, 0.1) is 19.3 Å². The summed E-state index contributed by atoms with van der Waals surface area (Å²) in [5, 5.41) is 15.6. The number of morpholine rings is 1. The van der Waals surface area contributed by atoms with E-state index in [2.05, 4.69) is 21.6 Å². The molecule has 0 radical (unpaired) electrons. The van der Waals surface area contributed by atoms with Crippen LogP contribution >= 0.6 is 0 Å². The third-order valence-electron chi connectivity index (χ3n) is 7.02. The van der Waals surface area contributed by atoms with Gasteiger partial charge in [0, 0.05) is 52.1 Å². The molecule has 10 heteroatoms. The number of carbonyl (C=O) groups is 3. The quantitative estimate of drug-likeness (QED) is 0.479. The molecule has 3 rings (SSSR count). The molecule has 0 saturated carbocycles. The minimum absolute atomic E-state index is 0.0627. The topological polar surface area (TPSA) is 124 Å². The number of carbonyl (C=O) groups excluding carboxylic acids is 3. The van der Waals surface area contributed by atoms with Crippen LogP contribution < -0.4 is 10.6 Å². The molecule has 2 aliphatic heterocycles. The second-order valence-electron chi connectivity index (χ2n) is 10.5. The highest BCUT2D eigenvalue weighted by molar-refractivity contribution is 5.84. The van der Waals surface area contributed by atoms with Gasteiger partial charge in [0.2, 0.25) is 5.91 Å². The van der Waals surface area contributed by atoms with Crippen molar-refractivity contribution in [1.82, 2.24) is 20.4 Å². The molecule has 1 aromatic carbocycles. The van der Waals surface area contributed by atoms with Gasteiger partial charge in [-0.3, -0.25) is 14.5 Å². The Balaban J connectivity index is 1.54. The first-order valence-corrected chi connectivity index (χ1v) is 13.6. The molecule has 2 saturated heterocycles. The lowest BCUT2D eigenvalue weighted by atomic mass is 9.91. The number of nitrogens with zero attached hydrogens (tertiary/aromatic N) is 3. The largest absolute Gasteiger partial charge is 0.436 e. The maximum absolute atomic E-state index is 13.3. The zero-order valence-corrected chi connectivity index (χ0v) is 22.6. The van der Waals surface area contributed by atoms with Crippen LogP contribution in [0.5, 0.6) is 0 Å². The number of amides is 3. The van der Waals surface area contributed by atoms with Crippen molar-refractivity contribution >= 4 is 17.9 Å². The number of ether oxygens (including phenoxy) is 2. The maximum atomic E-state index is 13.3. The van der Waals surface area contributed by atoms with Gasteiger partial charge in [0.1, 0.15) is 5.54 Å². The summed E-state index contributed by atoms with van der Waals surface area (Å²) in [7, 11) is 0. The highest BCUT2D eigenvalue weighted by atomic mass is 16.6. The minimum Gasteiger partial charge on any atom is -0.436 e. The van der Waals surface area contributed by atoms with Gasteiger partial charge in [0.15, 0.2) is 6.10 Å². The third-order valence-corrected chi connectivity index (χ3v) is 7.02. The van der Waals surface area contributed by atoms with Crippen LogP contribution in [0.25, 0.3) is 0 Å². The first-order chi connectivity index (χ1) is 18.3. The Morgan fingerprint density at radius 3 is 2.53 bits per heavy atom. The molecule has 0 spiro atoms. The van der Waals surface area contributed by atoms with Gasteiger partial charge in [-0.15, -0.1) is 0 Å². The molecule has 0 aliphatic carbocycles. The molecular formula is C28H41N5O5. The summed E-state index contributed by atoms with van der Waals surface area (Å²) >= 11 is 0. The van der Waals surface area contributed by atoms with Crippen LogP contribution in [0, 0.1) is 17.2 Å². The van der Waals surface area contributed by atoms with Gasteiger partial charge >= 0.3 is 6.09 Å². The normalized spacial score (nSPS) is 21.2. The minimum atomic E-state index is -1.12. The Bertz CT molecular complexity index is 960. The Hall–Kier alpha value is -3.16. The Labute approximate surface area is 225 Å². The number of hydrogen-bond acceptors (Lipinski definition) is 7. The van der Waals surface area contributed by atoms with E-state index in [9.17, 15) is 19.6 Å². The zero-order valence-electron chi connectivity index (χ0n) is 22.6. The average molecular weight is 528 g/mol. The lowest BCUT2D eigenvalue weighted by Gasteiger charge is -2.30. The van der Waals surface area contributed by atoms with Crippen molar-refractivity contribution in [2.45, 2.75) is 64.1 Å². The average Bonchev–Trinajstić information content (AvgIpc) is 3.14. The van der Waals surface area contributed by atoms with E-state index in [-0.39, 0.29) is 18.4 Å². The van der Waals surface area contributed by atoms with E-state index >= 15 is 0 Å². The predicted octanol–water partition coefficient (Wildman–Crippen LogP) is 2.44. The number of alkyl carbamates (subject to hydrolysis) is 1. The number of nitrogens with one attached hydrogen (secondary N) is 2. The molecule has 3 amide bonds. The SMILES string of the molecule is CC(C)CC(OC(=O)NCc1ccccc1)C(=O)NC1(C#N)CCCN(C(=O)CCN2CCOCC2)CC1. The van der Waals surface area contributed by atoms with Crippen LogP contribution in [0.4, 0.5) is 4.79 Å². The van der Waals surface area contributed by atoms with E-state index in [0.717, 1.165) is 18.7 Å². The molecule has 2 aliphatic rings. The Kier molecular flexibility index (Phi) is 11.4. The Morgan fingerprint density at radius 2 is 1.84 bits per heavy atom. The lowest BCUT2D eigenvalue weighted by Crippen LogP contribution is -2.53. The molecule has 2 N–H and O–H groups in total. The van der Waals surface area contributed by atoms with E-state index in [1.807, 2.05) is 44.2 Å². The highest BCUT2D eigenvalue weighted by Gasteiger charge is 2.38. The molecule has 1 aromatic rings. The van der Waals surface area contributed by atoms with Gasteiger partial charge in [0.25, 0.3) is 5.91 Å². The number of hydrogen-bond donors (Lipinski definition) is 2. The van der Waals surface area contributed by atoms with Gasteiger partial charge in [-0.05, 0) is 30.7 Å². The Morgan fingerprint density at radius 1 is 1.11 bits per heavy atom. The fraction of sp³-hybridized carbons (Fsp3) is 0.643. The second-order valence-corrected chi connectivity index (χ2v) is 10.5. The van der Waals surface area contributed by atoms with Gasteiger partial charge < -0.3 is 25.0 Å². The van der Waals surface area contributed by atoms with Crippen molar-refractivity contribution in [1.29, 1.82) is 5.26 Å². The molecule has 38 heavy (non-hydrogen) atoms. The highest BCUT2D eigenvalue weighted by Crippen LogP contribution is 2.23. The van der Waals surface area contributed by atoms with Crippen molar-refractivity contribution in [2.24, 2.45) is 5.92 Å². The van der Waals surface area contributed by atoms with Crippen LogP contribution in [0.15, 0.2) is 30.3 Å². The predicted molar refractivity (Wildman–Crippen MR) is 142 cm³/mol. The van der Waals surface area contributed by atoms with Crippen LogP contribution in [0.2, 0.25) is 0 Å². The third kappa shape index (κ3) is 9.30. The lowest BCUT2D eigenvalue weighted by molar-refractivity contribution is -0.132. The van der Waals surface area contributed by atoms with Crippen LogP contribution in [-0.2, 0) is 25.6 Å². The molecule has 2 fully saturated rings. The first kappa shape index (κ1) is 29.4. The van der Waals surface area contributed by atoms with Crippen molar-refractivity contribution in [3.8, 4) is 6.07 Å². The first-order valence-electron chi connectivity index (χ1n) is 13.6. The molecule has 2 unspecified atom stereocenters. The van der Waals surface area contributed by atoms with Gasteiger partial charge in [-0.2, -0.15) is 5.26 Å². The summed E-state index contributed by atoms with van der Waals surface area (Å²) in [6, 6.07) is 11.7. The number of nitriles is 1. The molecule has 2 heterocycles. The summed E-state index contributed by atoms with van der Waals surface area (Å²) in [6.07, 6.45) is 0.408. The van der Waals surface area contributed by atoms with E-state index in [1.165, 1.54) is 0 Å². The van der Waals surface area contributed by atoms with Crippen molar-refractivity contribution < 1.29 is 23.9 Å². The molecule has 0 aromatic heterocycles. The zero-order chi connectivity index (χ0) is 27.4. The standard InChI is InChI=1S/C28H41N5O5/c1-22(2)19-24(38-27(36)30-20-23-7-4-3-5-8-23)26(35)31-28(21-29)10-6-12-33(14-11-28)25(34)9-13-32-15-17-37-18-16-32/h3-5,7-8,22,24H,6,9-20H2,1-2H3,(H,30,36)(H,31,35). The molecular weight excluding hydrogens is 486 g/mol. The van der Waals surface area contributed by atoms with Crippen LogP contribution in [-0.4, -0.2) is 85.3 Å². The second kappa shape index (κ2) is 14.7. The van der Waals surface area contributed by atoms with Gasteiger partial charge in [-0.25, -0.2) is 4.79 Å². The number of benzene rings is 1. The van der Waals surface area contributed by atoms with Crippen LogP contribution in [0.3, 0.4) is 0 Å². The fourth-order valence-corrected chi connectivity index (χ4v) is 4.78.